The topological polar surface area (TPSA) is 32.3 Å². The molecule has 1 fully saturated rings. The predicted molar refractivity (Wildman–Crippen MR) is 89.9 cm³/mol. The molecule has 0 aliphatic carbocycles. The predicted octanol–water partition coefficient (Wildman–Crippen LogP) is 4.59. The van der Waals surface area contributed by atoms with Gasteiger partial charge in [-0.15, -0.1) is 0 Å². The molecule has 1 saturated heterocycles. The maximum atomic E-state index is 11.7. The molecule has 1 aromatic rings. The molecule has 0 saturated carbocycles. The first-order valence-electron chi connectivity index (χ1n) is 8.45. The SMILES string of the molecule is CCCCCCCCNc1ccc(N2CCCC2=O)cc1. The van der Waals surface area contributed by atoms with Gasteiger partial charge in [0.15, 0.2) is 0 Å². The summed E-state index contributed by atoms with van der Waals surface area (Å²) in [7, 11) is 0. The van der Waals surface area contributed by atoms with Crippen molar-refractivity contribution >= 4 is 17.3 Å². The van der Waals surface area contributed by atoms with Crippen molar-refractivity contribution in [3.63, 3.8) is 0 Å². The Balaban J connectivity index is 1.67. The van der Waals surface area contributed by atoms with Gasteiger partial charge < -0.3 is 10.2 Å². The molecule has 1 heterocycles. The van der Waals surface area contributed by atoms with Gasteiger partial charge in [0.1, 0.15) is 0 Å². The van der Waals surface area contributed by atoms with E-state index in [9.17, 15) is 4.79 Å². The molecule has 1 amide bonds. The third kappa shape index (κ3) is 5.07. The summed E-state index contributed by atoms with van der Waals surface area (Å²) in [6.07, 6.45) is 9.62. The number of carbonyl (C=O) groups excluding carboxylic acids is 1. The van der Waals surface area contributed by atoms with E-state index in [2.05, 4.69) is 24.4 Å². The van der Waals surface area contributed by atoms with Crippen molar-refractivity contribution < 1.29 is 4.79 Å². The maximum Gasteiger partial charge on any atom is 0.227 e. The average Bonchev–Trinajstić information content (AvgIpc) is 2.93. The summed E-state index contributed by atoms with van der Waals surface area (Å²) in [5, 5.41) is 3.46. The van der Waals surface area contributed by atoms with Gasteiger partial charge in [0, 0.05) is 30.9 Å². The molecule has 0 atom stereocenters. The molecule has 2 rings (SSSR count). The molecule has 116 valence electrons. The zero-order chi connectivity index (χ0) is 14.9. The second-order valence-electron chi connectivity index (χ2n) is 5.89. The van der Waals surface area contributed by atoms with E-state index >= 15 is 0 Å². The Morgan fingerprint density at radius 1 is 1.05 bits per heavy atom. The summed E-state index contributed by atoms with van der Waals surface area (Å²) in [5.41, 5.74) is 2.18. The first kappa shape index (κ1) is 15.9. The standard InChI is InChI=1S/C18H28N2O/c1-2-3-4-5-6-7-14-19-16-10-12-17(13-11-16)20-15-8-9-18(20)21/h10-13,19H,2-9,14-15H2,1H3. The highest BCUT2D eigenvalue weighted by atomic mass is 16.2. The van der Waals surface area contributed by atoms with Crippen LogP contribution in [0.4, 0.5) is 11.4 Å². The Morgan fingerprint density at radius 2 is 1.76 bits per heavy atom. The molecule has 1 N–H and O–H groups in total. The van der Waals surface area contributed by atoms with Crippen molar-refractivity contribution in [3.8, 4) is 0 Å². The molecule has 0 spiro atoms. The van der Waals surface area contributed by atoms with Crippen LogP contribution in [0.1, 0.15) is 58.3 Å². The van der Waals surface area contributed by atoms with Crippen molar-refractivity contribution in [3.05, 3.63) is 24.3 Å². The van der Waals surface area contributed by atoms with Gasteiger partial charge in [-0.05, 0) is 37.1 Å². The largest absolute Gasteiger partial charge is 0.385 e. The fraction of sp³-hybridized carbons (Fsp3) is 0.611. The van der Waals surface area contributed by atoms with Crippen LogP contribution in [-0.4, -0.2) is 19.0 Å². The van der Waals surface area contributed by atoms with Crippen LogP contribution in [0.15, 0.2) is 24.3 Å². The summed E-state index contributed by atoms with van der Waals surface area (Å²) in [6.45, 7) is 4.15. The van der Waals surface area contributed by atoms with E-state index in [1.165, 1.54) is 38.5 Å². The van der Waals surface area contributed by atoms with Crippen molar-refractivity contribution in [1.29, 1.82) is 0 Å². The van der Waals surface area contributed by atoms with E-state index in [0.717, 1.165) is 30.9 Å². The van der Waals surface area contributed by atoms with Crippen LogP contribution in [0.25, 0.3) is 0 Å². The third-order valence-corrected chi connectivity index (χ3v) is 4.11. The highest BCUT2D eigenvalue weighted by Gasteiger charge is 2.21. The van der Waals surface area contributed by atoms with Gasteiger partial charge in [-0.1, -0.05) is 39.0 Å². The third-order valence-electron chi connectivity index (χ3n) is 4.11. The molecule has 3 nitrogen and oxygen atoms in total. The molecule has 21 heavy (non-hydrogen) atoms. The Kier molecular flexibility index (Phi) is 6.58. The molecular weight excluding hydrogens is 260 g/mol. The molecular formula is C18H28N2O. The molecule has 1 aromatic carbocycles. The van der Waals surface area contributed by atoms with Gasteiger partial charge in [0.25, 0.3) is 0 Å². The fourth-order valence-electron chi connectivity index (χ4n) is 2.82. The number of benzene rings is 1. The van der Waals surface area contributed by atoms with Gasteiger partial charge in [-0.3, -0.25) is 4.79 Å². The summed E-state index contributed by atoms with van der Waals surface area (Å²) < 4.78 is 0. The first-order chi connectivity index (χ1) is 10.3. The van der Waals surface area contributed by atoms with Crippen LogP contribution in [0.3, 0.4) is 0 Å². The average molecular weight is 288 g/mol. The second kappa shape index (κ2) is 8.71. The zero-order valence-corrected chi connectivity index (χ0v) is 13.2. The number of hydrogen-bond acceptors (Lipinski definition) is 2. The van der Waals surface area contributed by atoms with Gasteiger partial charge >= 0.3 is 0 Å². The quantitative estimate of drug-likeness (QED) is 0.674. The number of carbonyl (C=O) groups is 1. The molecule has 1 aliphatic rings. The minimum Gasteiger partial charge on any atom is -0.385 e. The zero-order valence-electron chi connectivity index (χ0n) is 13.2. The highest BCUT2D eigenvalue weighted by Crippen LogP contribution is 2.23. The van der Waals surface area contributed by atoms with Crippen molar-refractivity contribution in [2.45, 2.75) is 58.3 Å². The highest BCUT2D eigenvalue weighted by molar-refractivity contribution is 5.95. The van der Waals surface area contributed by atoms with Crippen LogP contribution in [0, 0.1) is 0 Å². The summed E-state index contributed by atoms with van der Waals surface area (Å²) in [4.78, 5) is 13.6. The van der Waals surface area contributed by atoms with Crippen LogP contribution in [-0.2, 0) is 4.79 Å². The summed E-state index contributed by atoms with van der Waals surface area (Å²) in [5.74, 6) is 0.253. The monoisotopic (exact) mass is 288 g/mol. The number of hydrogen-bond donors (Lipinski definition) is 1. The van der Waals surface area contributed by atoms with Crippen molar-refractivity contribution in [2.75, 3.05) is 23.3 Å². The lowest BCUT2D eigenvalue weighted by Crippen LogP contribution is -2.23. The van der Waals surface area contributed by atoms with E-state index in [0.29, 0.717) is 6.42 Å². The molecule has 0 radical (unpaired) electrons. The van der Waals surface area contributed by atoms with Crippen LogP contribution in [0.2, 0.25) is 0 Å². The Bertz CT molecular complexity index is 427. The smallest absolute Gasteiger partial charge is 0.227 e. The maximum absolute atomic E-state index is 11.7. The van der Waals surface area contributed by atoms with Crippen molar-refractivity contribution in [2.24, 2.45) is 0 Å². The lowest BCUT2D eigenvalue weighted by Gasteiger charge is -2.16. The van der Waals surface area contributed by atoms with E-state index in [-0.39, 0.29) is 5.91 Å². The van der Waals surface area contributed by atoms with Gasteiger partial charge in [-0.2, -0.15) is 0 Å². The lowest BCUT2D eigenvalue weighted by molar-refractivity contribution is -0.117. The normalized spacial score (nSPS) is 14.7. The van der Waals surface area contributed by atoms with E-state index in [1.807, 2.05) is 17.0 Å². The van der Waals surface area contributed by atoms with Crippen LogP contribution >= 0.6 is 0 Å². The molecule has 1 aliphatic heterocycles. The summed E-state index contributed by atoms with van der Waals surface area (Å²) in [6, 6.07) is 8.26. The van der Waals surface area contributed by atoms with Crippen molar-refractivity contribution in [1.82, 2.24) is 0 Å². The number of unbranched alkanes of at least 4 members (excludes halogenated alkanes) is 5. The number of nitrogens with zero attached hydrogens (tertiary/aromatic N) is 1. The number of amides is 1. The van der Waals surface area contributed by atoms with Gasteiger partial charge in [0.05, 0.1) is 0 Å². The van der Waals surface area contributed by atoms with E-state index in [1.54, 1.807) is 0 Å². The Hall–Kier alpha value is -1.51. The second-order valence-corrected chi connectivity index (χ2v) is 5.89. The fourth-order valence-corrected chi connectivity index (χ4v) is 2.82. The molecule has 0 bridgehead atoms. The lowest BCUT2D eigenvalue weighted by atomic mass is 10.1. The van der Waals surface area contributed by atoms with Crippen LogP contribution in [0.5, 0.6) is 0 Å². The van der Waals surface area contributed by atoms with Crippen LogP contribution < -0.4 is 10.2 Å². The van der Waals surface area contributed by atoms with E-state index in [4.69, 9.17) is 0 Å². The minimum atomic E-state index is 0.253. The van der Waals surface area contributed by atoms with Gasteiger partial charge in [0.2, 0.25) is 5.91 Å². The number of rotatable bonds is 9. The van der Waals surface area contributed by atoms with Gasteiger partial charge in [-0.25, -0.2) is 0 Å². The Morgan fingerprint density at radius 3 is 2.43 bits per heavy atom. The number of nitrogens with one attached hydrogen (secondary N) is 1. The minimum absolute atomic E-state index is 0.253. The number of anilines is 2. The molecule has 0 unspecified atom stereocenters. The summed E-state index contributed by atoms with van der Waals surface area (Å²) >= 11 is 0. The Labute approximate surface area is 128 Å². The van der Waals surface area contributed by atoms with E-state index < -0.39 is 0 Å². The molecule has 3 heteroatoms. The molecule has 0 aromatic heterocycles. The first-order valence-corrected chi connectivity index (χ1v) is 8.45.